The molecule has 0 bridgehead atoms. The number of ether oxygens (including phenoxy) is 3. The second-order valence-electron chi connectivity index (χ2n) is 5.72. The fraction of sp³-hybridized carbons (Fsp3) is 0.263. The molecule has 26 heavy (non-hydrogen) atoms. The number of carbonyl (C=O) groups is 2. The Balaban J connectivity index is 1.74. The van der Waals surface area contributed by atoms with E-state index in [0.29, 0.717) is 0 Å². The molecule has 0 spiro atoms. The zero-order valence-corrected chi connectivity index (χ0v) is 13.7. The van der Waals surface area contributed by atoms with Crippen molar-refractivity contribution >= 4 is 11.9 Å². The molecule has 1 N–H and O–H groups in total. The second-order valence-corrected chi connectivity index (χ2v) is 5.72. The van der Waals surface area contributed by atoms with Gasteiger partial charge in [0.1, 0.15) is 0 Å². The van der Waals surface area contributed by atoms with Gasteiger partial charge in [-0.05, 0) is 24.3 Å². The highest BCUT2D eigenvalue weighted by atomic mass is 19.1. The van der Waals surface area contributed by atoms with E-state index in [1.54, 1.807) is 48.5 Å². The predicted molar refractivity (Wildman–Crippen MR) is 88.1 cm³/mol. The van der Waals surface area contributed by atoms with Crippen molar-refractivity contribution in [2.24, 2.45) is 0 Å². The van der Waals surface area contributed by atoms with Crippen LogP contribution in [0.15, 0.2) is 60.7 Å². The Morgan fingerprint density at radius 2 is 1.42 bits per heavy atom. The van der Waals surface area contributed by atoms with Crippen molar-refractivity contribution in [1.82, 2.24) is 0 Å². The Morgan fingerprint density at radius 1 is 0.923 bits per heavy atom. The first-order valence-electron chi connectivity index (χ1n) is 8.02. The van der Waals surface area contributed by atoms with Gasteiger partial charge in [-0.3, -0.25) is 0 Å². The minimum absolute atomic E-state index is 0.231. The summed E-state index contributed by atoms with van der Waals surface area (Å²) < 4.78 is 29.0. The lowest BCUT2D eigenvalue weighted by Gasteiger charge is -2.35. The normalized spacial score (nSPS) is 25.3. The largest absolute Gasteiger partial charge is 0.452 e. The topological polar surface area (TPSA) is 82.1 Å². The third kappa shape index (κ3) is 4.07. The quantitative estimate of drug-likeness (QED) is 0.841. The fourth-order valence-electron chi connectivity index (χ4n) is 2.54. The third-order valence-electron chi connectivity index (χ3n) is 3.91. The number of hydrogen-bond donors (Lipinski definition) is 1. The molecule has 4 atom stereocenters. The Hall–Kier alpha value is -2.77. The molecular weight excluding hydrogens is 343 g/mol. The van der Waals surface area contributed by atoms with Crippen LogP contribution in [-0.2, 0) is 14.2 Å². The summed E-state index contributed by atoms with van der Waals surface area (Å²) in [6.07, 6.45) is -6.35. The molecule has 3 rings (SSSR count). The van der Waals surface area contributed by atoms with Crippen molar-refractivity contribution in [3.05, 3.63) is 71.8 Å². The minimum atomic E-state index is -2.05. The molecule has 1 aliphatic rings. The number of hydrogen-bond acceptors (Lipinski definition) is 6. The van der Waals surface area contributed by atoms with Crippen LogP contribution in [0.2, 0.25) is 0 Å². The van der Waals surface area contributed by atoms with Gasteiger partial charge in [0.25, 0.3) is 0 Å². The van der Waals surface area contributed by atoms with Gasteiger partial charge in [-0.15, -0.1) is 0 Å². The molecular formula is C19H17FO6. The molecule has 1 heterocycles. The molecule has 136 valence electrons. The lowest BCUT2D eigenvalue weighted by atomic mass is 10.0. The van der Waals surface area contributed by atoms with Crippen molar-refractivity contribution in [1.29, 1.82) is 0 Å². The van der Waals surface area contributed by atoms with Gasteiger partial charge in [-0.1, -0.05) is 36.4 Å². The van der Waals surface area contributed by atoms with Crippen LogP contribution in [-0.4, -0.2) is 48.3 Å². The van der Waals surface area contributed by atoms with Crippen LogP contribution in [0, 0.1) is 0 Å². The molecule has 0 aromatic heterocycles. The van der Waals surface area contributed by atoms with E-state index in [1.807, 2.05) is 0 Å². The number of halogens is 1. The van der Waals surface area contributed by atoms with Crippen molar-refractivity contribution in [3.63, 3.8) is 0 Å². The highest BCUT2D eigenvalue weighted by Gasteiger charge is 2.44. The Morgan fingerprint density at radius 3 is 1.96 bits per heavy atom. The summed E-state index contributed by atoms with van der Waals surface area (Å²) in [6.45, 7) is -0.344. The van der Waals surface area contributed by atoms with Crippen LogP contribution < -0.4 is 0 Å². The zero-order chi connectivity index (χ0) is 18.5. The summed E-state index contributed by atoms with van der Waals surface area (Å²) >= 11 is 0. The standard InChI is InChI=1S/C19H17FO6/c20-17-15(21)16(26-19(23)13-9-5-2-6-10-13)14(11-24-17)25-18(22)12-7-3-1-4-8-12/h1-10,14-17,21H,11H2/t14-,15-,16-,17-/m1/s1. The van der Waals surface area contributed by atoms with E-state index in [4.69, 9.17) is 14.2 Å². The van der Waals surface area contributed by atoms with Gasteiger partial charge in [0.15, 0.2) is 18.3 Å². The van der Waals surface area contributed by atoms with E-state index in [1.165, 1.54) is 12.1 Å². The van der Waals surface area contributed by atoms with E-state index < -0.39 is 36.6 Å². The van der Waals surface area contributed by atoms with Crippen LogP contribution in [0.1, 0.15) is 20.7 Å². The predicted octanol–water partition coefficient (Wildman–Crippen LogP) is 2.12. The first kappa shape index (κ1) is 18.0. The van der Waals surface area contributed by atoms with Crippen LogP contribution in [0.25, 0.3) is 0 Å². The van der Waals surface area contributed by atoms with Gasteiger partial charge in [0, 0.05) is 0 Å². The minimum Gasteiger partial charge on any atom is -0.452 e. The maximum Gasteiger partial charge on any atom is 0.338 e. The van der Waals surface area contributed by atoms with E-state index in [9.17, 15) is 19.1 Å². The maximum absolute atomic E-state index is 13.7. The van der Waals surface area contributed by atoms with Gasteiger partial charge >= 0.3 is 11.9 Å². The molecule has 0 aliphatic carbocycles. The molecule has 0 saturated carbocycles. The summed E-state index contributed by atoms with van der Waals surface area (Å²) in [5.41, 5.74) is 0.507. The van der Waals surface area contributed by atoms with Crippen LogP contribution in [0.5, 0.6) is 0 Å². The number of rotatable bonds is 4. The molecule has 6 nitrogen and oxygen atoms in total. The van der Waals surface area contributed by atoms with Crippen molar-refractivity contribution in [2.45, 2.75) is 24.7 Å². The van der Waals surface area contributed by atoms with Crippen molar-refractivity contribution in [3.8, 4) is 0 Å². The van der Waals surface area contributed by atoms with E-state index >= 15 is 0 Å². The molecule has 0 unspecified atom stereocenters. The second kappa shape index (κ2) is 8.07. The molecule has 1 fully saturated rings. The van der Waals surface area contributed by atoms with Gasteiger partial charge in [-0.25, -0.2) is 14.0 Å². The van der Waals surface area contributed by atoms with Gasteiger partial charge in [0.2, 0.25) is 6.36 Å². The summed E-state index contributed by atoms with van der Waals surface area (Å²) in [5, 5.41) is 10.0. The average Bonchev–Trinajstić information content (AvgIpc) is 2.68. The number of alkyl halides is 1. The molecule has 1 aliphatic heterocycles. The maximum atomic E-state index is 13.7. The van der Waals surface area contributed by atoms with Gasteiger partial charge in [0.05, 0.1) is 17.7 Å². The molecule has 2 aromatic carbocycles. The summed E-state index contributed by atoms with van der Waals surface area (Å²) in [7, 11) is 0. The van der Waals surface area contributed by atoms with E-state index in [2.05, 4.69) is 0 Å². The van der Waals surface area contributed by atoms with Crippen LogP contribution in [0.3, 0.4) is 0 Å². The lowest BCUT2D eigenvalue weighted by Crippen LogP contribution is -2.54. The average molecular weight is 360 g/mol. The molecule has 1 saturated heterocycles. The number of carbonyl (C=O) groups excluding carboxylic acids is 2. The Bertz CT molecular complexity index is 751. The first-order chi connectivity index (χ1) is 12.6. The summed E-state index contributed by atoms with van der Waals surface area (Å²) in [6, 6.07) is 16.2. The Kier molecular flexibility index (Phi) is 5.60. The van der Waals surface area contributed by atoms with Crippen molar-refractivity contribution in [2.75, 3.05) is 6.61 Å². The monoisotopic (exact) mass is 360 g/mol. The number of aliphatic hydroxyl groups excluding tert-OH is 1. The zero-order valence-electron chi connectivity index (χ0n) is 13.7. The molecule has 0 amide bonds. The lowest BCUT2D eigenvalue weighted by molar-refractivity contribution is -0.224. The third-order valence-corrected chi connectivity index (χ3v) is 3.91. The van der Waals surface area contributed by atoms with E-state index in [0.717, 1.165) is 0 Å². The van der Waals surface area contributed by atoms with Gasteiger partial charge < -0.3 is 19.3 Å². The first-order valence-corrected chi connectivity index (χ1v) is 8.02. The highest BCUT2D eigenvalue weighted by molar-refractivity contribution is 5.90. The highest BCUT2D eigenvalue weighted by Crippen LogP contribution is 2.23. The summed E-state index contributed by atoms with van der Waals surface area (Å²) in [5.74, 6) is -1.45. The summed E-state index contributed by atoms with van der Waals surface area (Å²) in [4.78, 5) is 24.4. The van der Waals surface area contributed by atoms with E-state index in [-0.39, 0.29) is 17.7 Å². The molecule has 0 radical (unpaired) electrons. The van der Waals surface area contributed by atoms with Crippen LogP contribution in [0.4, 0.5) is 4.39 Å². The number of benzene rings is 2. The fourth-order valence-corrected chi connectivity index (χ4v) is 2.54. The number of esters is 2. The van der Waals surface area contributed by atoms with Crippen LogP contribution >= 0.6 is 0 Å². The molecule has 7 heteroatoms. The van der Waals surface area contributed by atoms with Crippen molar-refractivity contribution < 1.29 is 33.3 Å². The Labute approximate surface area is 149 Å². The molecule has 2 aromatic rings. The number of aliphatic hydroxyl groups is 1. The smallest absolute Gasteiger partial charge is 0.338 e. The van der Waals surface area contributed by atoms with Gasteiger partial charge in [-0.2, -0.15) is 0 Å². The SMILES string of the molecule is O=C(O[C@H]1[C@@H](O)[C@H](F)OC[C@H]1OC(=O)c1ccccc1)c1ccccc1.